The van der Waals surface area contributed by atoms with Gasteiger partial charge in [-0.25, -0.2) is 13.1 Å². The Balaban J connectivity index is 2.02. The summed E-state index contributed by atoms with van der Waals surface area (Å²) in [6, 6.07) is 7.15. The maximum atomic E-state index is 12.2. The van der Waals surface area contributed by atoms with Crippen molar-refractivity contribution in [1.82, 2.24) is 4.72 Å². The molecule has 0 radical (unpaired) electrons. The van der Waals surface area contributed by atoms with Crippen molar-refractivity contribution in [3.8, 4) is 0 Å². The van der Waals surface area contributed by atoms with Crippen LogP contribution in [0.5, 0.6) is 0 Å². The van der Waals surface area contributed by atoms with E-state index in [0.717, 1.165) is 19.3 Å². The average molecular weight is 282 g/mol. The number of anilines is 1. The predicted octanol–water partition coefficient (Wildman–Crippen LogP) is 2.27. The summed E-state index contributed by atoms with van der Waals surface area (Å²) in [7, 11) is -3.32. The van der Waals surface area contributed by atoms with E-state index in [2.05, 4.69) is 18.6 Å². The maximum Gasteiger partial charge on any atom is 0.216 e. The van der Waals surface area contributed by atoms with Crippen molar-refractivity contribution in [2.24, 2.45) is 5.41 Å². The highest BCUT2D eigenvalue weighted by Crippen LogP contribution is 2.37. The summed E-state index contributed by atoms with van der Waals surface area (Å²) in [5.41, 5.74) is 7.21. The first-order chi connectivity index (χ1) is 8.77. The summed E-state index contributed by atoms with van der Waals surface area (Å²) in [4.78, 5) is 0. The first kappa shape index (κ1) is 14.3. The van der Waals surface area contributed by atoms with E-state index in [0.29, 0.717) is 11.3 Å². The quantitative estimate of drug-likeness (QED) is 0.832. The number of nitrogens with one attached hydrogen (secondary N) is 1. The molecule has 2 rings (SSSR count). The largest absolute Gasteiger partial charge is 0.398 e. The molecule has 1 unspecified atom stereocenters. The molecule has 0 aromatic heterocycles. The zero-order chi connectivity index (χ0) is 14.1. The molecule has 1 atom stereocenters. The first-order valence-corrected chi connectivity index (χ1v) is 8.26. The Kier molecular flexibility index (Phi) is 3.87. The Hall–Kier alpha value is -1.07. The van der Waals surface area contributed by atoms with Gasteiger partial charge in [0.05, 0.1) is 5.75 Å². The highest BCUT2D eigenvalue weighted by Gasteiger charge is 2.33. The molecule has 0 spiro atoms. The van der Waals surface area contributed by atoms with E-state index in [4.69, 9.17) is 5.73 Å². The Morgan fingerprint density at radius 2 is 2.05 bits per heavy atom. The van der Waals surface area contributed by atoms with Crippen LogP contribution >= 0.6 is 0 Å². The van der Waals surface area contributed by atoms with Crippen LogP contribution in [0.2, 0.25) is 0 Å². The minimum absolute atomic E-state index is 0.0450. The molecule has 5 heteroatoms. The molecule has 4 nitrogen and oxygen atoms in total. The molecule has 106 valence electrons. The van der Waals surface area contributed by atoms with Crippen molar-refractivity contribution >= 4 is 15.7 Å². The van der Waals surface area contributed by atoms with Crippen LogP contribution in [0.1, 0.15) is 38.7 Å². The van der Waals surface area contributed by atoms with Crippen LogP contribution in [-0.4, -0.2) is 14.5 Å². The Labute approximate surface area is 115 Å². The van der Waals surface area contributed by atoms with Gasteiger partial charge in [0.25, 0.3) is 0 Å². The van der Waals surface area contributed by atoms with Gasteiger partial charge in [-0.3, -0.25) is 0 Å². The molecule has 1 fully saturated rings. The average Bonchev–Trinajstić information content (AvgIpc) is 2.60. The zero-order valence-corrected chi connectivity index (χ0v) is 12.3. The van der Waals surface area contributed by atoms with Crippen LogP contribution in [0.3, 0.4) is 0 Å². The fraction of sp³-hybridized carbons (Fsp3) is 0.571. The van der Waals surface area contributed by atoms with Gasteiger partial charge in [0.2, 0.25) is 10.0 Å². The zero-order valence-electron chi connectivity index (χ0n) is 11.5. The number of hydrogen-bond acceptors (Lipinski definition) is 3. The van der Waals surface area contributed by atoms with Crippen LogP contribution < -0.4 is 10.5 Å². The molecule has 1 aliphatic rings. The third-order valence-electron chi connectivity index (χ3n) is 3.72. The normalized spacial score (nSPS) is 22.5. The topological polar surface area (TPSA) is 72.2 Å². The monoisotopic (exact) mass is 282 g/mol. The Bertz CT molecular complexity index is 552. The summed E-state index contributed by atoms with van der Waals surface area (Å²) in [6.45, 7) is 4.35. The lowest BCUT2D eigenvalue weighted by atomic mass is 9.92. The predicted molar refractivity (Wildman–Crippen MR) is 78.0 cm³/mol. The second kappa shape index (κ2) is 5.13. The van der Waals surface area contributed by atoms with Crippen molar-refractivity contribution < 1.29 is 8.42 Å². The number of nitrogens with two attached hydrogens (primary N) is 1. The molecule has 1 aromatic carbocycles. The van der Waals surface area contributed by atoms with E-state index in [1.807, 2.05) is 0 Å². The van der Waals surface area contributed by atoms with Crippen LogP contribution in [0.4, 0.5) is 5.69 Å². The molecule has 1 aliphatic carbocycles. The molecule has 0 amide bonds. The van der Waals surface area contributed by atoms with E-state index in [-0.39, 0.29) is 17.2 Å². The fourth-order valence-corrected chi connectivity index (χ4v) is 4.17. The summed E-state index contributed by atoms with van der Waals surface area (Å²) < 4.78 is 27.1. The Morgan fingerprint density at radius 1 is 1.37 bits per heavy atom. The van der Waals surface area contributed by atoms with E-state index in [1.165, 1.54) is 0 Å². The van der Waals surface area contributed by atoms with Crippen molar-refractivity contribution in [3.05, 3.63) is 29.8 Å². The van der Waals surface area contributed by atoms with Crippen LogP contribution in [0.25, 0.3) is 0 Å². The molecule has 1 aromatic rings. The first-order valence-electron chi connectivity index (χ1n) is 6.61. The van der Waals surface area contributed by atoms with Gasteiger partial charge in [-0.05, 0) is 36.3 Å². The number of sulfonamides is 1. The molecular weight excluding hydrogens is 260 g/mol. The minimum Gasteiger partial charge on any atom is -0.398 e. The number of para-hydroxylation sites is 1. The standard InChI is InChI=1S/C14H22N2O2S/c1-14(2)8-7-12(9-14)16-19(17,18)10-11-5-3-4-6-13(11)15/h3-6,12,16H,7-10,15H2,1-2H3. The Morgan fingerprint density at radius 3 is 2.63 bits per heavy atom. The summed E-state index contributed by atoms with van der Waals surface area (Å²) in [5.74, 6) is -0.0450. The molecule has 0 bridgehead atoms. The van der Waals surface area contributed by atoms with Crippen LogP contribution in [-0.2, 0) is 15.8 Å². The third kappa shape index (κ3) is 3.94. The van der Waals surface area contributed by atoms with E-state index < -0.39 is 10.0 Å². The van der Waals surface area contributed by atoms with E-state index in [9.17, 15) is 8.42 Å². The lowest BCUT2D eigenvalue weighted by Crippen LogP contribution is -2.34. The lowest BCUT2D eigenvalue weighted by Gasteiger charge is -2.18. The lowest BCUT2D eigenvalue weighted by molar-refractivity contribution is 0.372. The molecule has 1 saturated carbocycles. The van der Waals surface area contributed by atoms with Gasteiger partial charge in [-0.2, -0.15) is 0 Å². The van der Waals surface area contributed by atoms with Crippen LogP contribution in [0.15, 0.2) is 24.3 Å². The molecule has 3 N–H and O–H groups in total. The summed E-state index contributed by atoms with van der Waals surface area (Å²) >= 11 is 0. The molecule has 19 heavy (non-hydrogen) atoms. The van der Waals surface area contributed by atoms with Crippen molar-refractivity contribution in [2.45, 2.75) is 44.9 Å². The van der Waals surface area contributed by atoms with Gasteiger partial charge in [0.15, 0.2) is 0 Å². The van der Waals surface area contributed by atoms with Gasteiger partial charge in [-0.1, -0.05) is 32.0 Å². The fourth-order valence-electron chi connectivity index (χ4n) is 2.70. The third-order valence-corrected chi connectivity index (χ3v) is 5.10. The smallest absolute Gasteiger partial charge is 0.216 e. The number of hydrogen-bond donors (Lipinski definition) is 2. The van der Waals surface area contributed by atoms with Gasteiger partial charge in [-0.15, -0.1) is 0 Å². The minimum atomic E-state index is -3.32. The van der Waals surface area contributed by atoms with Crippen molar-refractivity contribution in [2.75, 3.05) is 5.73 Å². The van der Waals surface area contributed by atoms with Crippen LogP contribution in [0, 0.1) is 5.41 Å². The molecule has 0 saturated heterocycles. The number of nitrogen functional groups attached to an aromatic ring is 1. The summed E-state index contributed by atoms with van der Waals surface area (Å²) in [5, 5.41) is 0. The highest BCUT2D eigenvalue weighted by molar-refractivity contribution is 7.88. The van der Waals surface area contributed by atoms with Gasteiger partial charge in [0, 0.05) is 11.7 Å². The van der Waals surface area contributed by atoms with Gasteiger partial charge >= 0.3 is 0 Å². The molecule has 0 aliphatic heterocycles. The second-order valence-electron chi connectivity index (χ2n) is 6.18. The maximum absolute atomic E-state index is 12.2. The molecule has 0 heterocycles. The van der Waals surface area contributed by atoms with E-state index in [1.54, 1.807) is 24.3 Å². The number of rotatable bonds is 4. The van der Waals surface area contributed by atoms with Crippen molar-refractivity contribution in [1.29, 1.82) is 0 Å². The number of benzene rings is 1. The van der Waals surface area contributed by atoms with Gasteiger partial charge in [0.1, 0.15) is 0 Å². The summed E-state index contributed by atoms with van der Waals surface area (Å²) in [6.07, 6.45) is 2.88. The van der Waals surface area contributed by atoms with E-state index >= 15 is 0 Å². The highest BCUT2D eigenvalue weighted by atomic mass is 32.2. The molecular formula is C14H22N2O2S. The second-order valence-corrected chi connectivity index (χ2v) is 7.93. The van der Waals surface area contributed by atoms with Crippen molar-refractivity contribution in [3.63, 3.8) is 0 Å². The van der Waals surface area contributed by atoms with Gasteiger partial charge < -0.3 is 5.73 Å². The SMILES string of the molecule is CC1(C)CCC(NS(=O)(=O)Cc2ccccc2N)C1.